The molecule has 6 nitrogen and oxygen atoms in total. The van der Waals surface area contributed by atoms with Gasteiger partial charge in [0.15, 0.2) is 0 Å². The zero-order valence-corrected chi connectivity index (χ0v) is 14.8. The van der Waals surface area contributed by atoms with Crippen molar-refractivity contribution in [1.82, 2.24) is 9.78 Å². The molecular formula is C19H23N3O3. The van der Waals surface area contributed by atoms with Crippen molar-refractivity contribution in [3.05, 3.63) is 48.3 Å². The van der Waals surface area contributed by atoms with Gasteiger partial charge in [0.25, 0.3) is 0 Å². The van der Waals surface area contributed by atoms with Crippen molar-refractivity contribution >= 4 is 17.6 Å². The predicted molar refractivity (Wildman–Crippen MR) is 94.1 cm³/mol. The van der Waals surface area contributed by atoms with Gasteiger partial charge < -0.3 is 4.74 Å². The number of para-hydroxylation sites is 1. The van der Waals surface area contributed by atoms with E-state index in [2.05, 4.69) is 5.10 Å². The van der Waals surface area contributed by atoms with E-state index < -0.39 is 12.0 Å². The number of ether oxygens (including phenoxy) is 1. The van der Waals surface area contributed by atoms with Crippen LogP contribution >= 0.6 is 0 Å². The van der Waals surface area contributed by atoms with E-state index in [1.54, 1.807) is 9.58 Å². The number of rotatable bonds is 6. The molecule has 2 aromatic rings. The average molecular weight is 341 g/mol. The molecule has 132 valence electrons. The van der Waals surface area contributed by atoms with Crippen molar-refractivity contribution in [1.29, 1.82) is 0 Å². The standard InChI is InChI=1S/C19H23N3O3/c1-4-17(19(24)25-3)22(14-8-6-5-7-9-14)18(23)16-10-15(16)13-11-20-21(2)12-13/h5-9,11-12,15-17H,4,10H2,1-3H3/t15-,16+,17+/m0/s1. The van der Waals surface area contributed by atoms with E-state index in [9.17, 15) is 9.59 Å². The summed E-state index contributed by atoms with van der Waals surface area (Å²) in [4.78, 5) is 27.0. The molecule has 6 heteroatoms. The fraction of sp³-hybridized carbons (Fsp3) is 0.421. The molecule has 3 rings (SSSR count). The molecule has 0 N–H and O–H groups in total. The van der Waals surface area contributed by atoms with Crippen LogP contribution < -0.4 is 4.90 Å². The summed E-state index contributed by atoms with van der Waals surface area (Å²) in [5.41, 5.74) is 1.79. The van der Waals surface area contributed by atoms with Crippen LogP contribution in [0, 0.1) is 5.92 Å². The Balaban J connectivity index is 1.87. The van der Waals surface area contributed by atoms with Gasteiger partial charge in [0, 0.05) is 24.8 Å². The number of esters is 1. The minimum absolute atomic E-state index is 0.0303. The summed E-state index contributed by atoms with van der Waals surface area (Å²) in [6.07, 6.45) is 5.04. The number of aryl methyl sites for hydroxylation is 1. The first-order valence-electron chi connectivity index (χ1n) is 8.51. The van der Waals surface area contributed by atoms with Crippen molar-refractivity contribution < 1.29 is 14.3 Å². The number of methoxy groups -OCH3 is 1. The predicted octanol–water partition coefficient (Wildman–Crippen LogP) is 2.51. The number of benzene rings is 1. The van der Waals surface area contributed by atoms with Crippen LogP contribution in [0.15, 0.2) is 42.7 Å². The minimum Gasteiger partial charge on any atom is -0.467 e. The number of hydrogen-bond donors (Lipinski definition) is 0. The van der Waals surface area contributed by atoms with Crippen molar-refractivity contribution in [2.45, 2.75) is 31.7 Å². The van der Waals surface area contributed by atoms with Crippen molar-refractivity contribution in [2.24, 2.45) is 13.0 Å². The molecule has 1 heterocycles. The van der Waals surface area contributed by atoms with Crippen LogP contribution in [-0.4, -0.2) is 34.8 Å². The van der Waals surface area contributed by atoms with Gasteiger partial charge in [0.2, 0.25) is 5.91 Å². The van der Waals surface area contributed by atoms with Crippen molar-refractivity contribution in [2.75, 3.05) is 12.0 Å². The quantitative estimate of drug-likeness (QED) is 0.757. The molecule has 1 aliphatic carbocycles. The normalized spacial score (nSPS) is 20.0. The molecule has 1 saturated carbocycles. The Morgan fingerprint density at radius 3 is 2.64 bits per heavy atom. The number of carbonyl (C=O) groups excluding carboxylic acids is 2. The van der Waals surface area contributed by atoms with Crippen LogP contribution in [-0.2, 0) is 21.4 Å². The maximum absolute atomic E-state index is 13.2. The third-order valence-corrected chi connectivity index (χ3v) is 4.70. The number of hydrogen-bond acceptors (Lipinski definition) is 4. The van der Waals surface area contributed by atoms with Gasteiger partial charge in [-0.25, -0.2) is 4.79 Å². The summed E-state index contributed by atoms with van der Waals surface area (Å²) in [5.74, 6) is -0.374. The maximum atomic E-state index is 13.2. The molecule has 1 aromatic heterocycles. The number of anilines is 1. The van der Waals surface area contributed by atoms with Crippen LogP contribution in [0.3, 0.4) is 0 Å². The molecule has 0 aliphatic heterocycles. The Morgan fingerprint density at radius 1 is 1.36 bits per heavy atom. The summed E-state index contributed by atoms with van der Waals surface area (Å²) in [6, 6.07) is 8.71. The van der Waals surface area contributed by atoms with Gasteiger partial charge in [0.05, 0.1) is 13.3 Å². The van der Waals surface area contributed by atoms with Gasteiger partial charge in [-0.2, -0.15) is 5.10 Å². The number of amides is 1. The molecule has 0 bridgehead atoms. The Hall–Kier alpha value is -2.63. The van der Waals surface area contributed by atoms with E-state index in [1.807, 2.05) is 56.7 Å². The van der Waals surface area contributed by atoms with Gasteiger partial charge in [-0.15, -0.1) is 0 Å². The van der Waals surface area contributed by atoms with Crippen LogP contribution in [0.4, 0.5) is 5.69 Å². The average Bonchev–Trinajstić information content (AvgIpc) is 3.33. The van der Waals surface area contributed by atoms with Crippen LogP contribution in [0.2, 0.25) is 0 Å². The van der Waals surface area contributed by atoms with E-state index >= 15 is 0 Å². The summed E-state index contributed by atoms with van der Waals surface area (Å²) in [5, 5.41) is 4.19. The monoisotopic (exact) mass is 341 g/mol. The smallest absolute Gasteiger partial charge is 0.328 e. The van der Waals surface area contributed by atoms with E-state index in [0.717, 1.165) is 17.7 Å². The Morgan fingerprint density at radius 2 is 2.08 bits per heavy atom. The number of nitrogens with zero attached hydrogens (tertiary/aromatic N) is 3. The molecule has 0 spiro atoms. The van der Waals surface area contributed by atoms with E-state index in [1.165, 1.54) is 7.11 Å². The Bertz CT molecular complexity index is 756. The zero-order chi connectivity index (χ0) is 18.0. The lowest BCUT2D eigenvalue weighted by Crippen LogP contribution is -2.46. The first kappa shape index (κ1) is 17.2. The number of aromatic nitrogens is 2. The molecular weight excluding hydrogens is 318 g/mol. The molecule has 1 aliphatic rings. The molecule has 0 unspecified atom stereocenters. The molecule has 0 radical (unpaired) electrons. The first-order valence-corrected chi connectivity index (χ1v) is 8.51. The summed E-state index contributed by atoms with van der Waals surface area (Å²) in [6.45, 7) is 1.89. The highest BCUT2D eigenvalue weighted by atomic mass is 16.5. The van der Waals surface area contributed by atoms with Gasteiger partial charge in [-0.05, 0) is 36.5 Å². The second-order valence-corrected chi connectivity index (χ2v) is 6.39. The molecule has 1 amide bonds. The van der Waals surface area contributed by atoms with Gasteiger partial charge in [-0.1, -0.05) is 25.1 Å². The van der Waals surface area contributed by atoms with Crippen molar-refractivity contribution in [3.63, 3.8) is 0 Å². The summed E-state index contributed by atoms with van der Waals surface area (Å²) < 4.78 is 6.67. The third kappa shape index (κ3) is 3.43. The SMILES string of the molecule is CC[C@H](C(=O)OC)N(C(=O)[C@@H]1C[C@H]1c1cnn(C)c1)c1ccccc1. The fourth-order valence-electron chi connectivity index (χ4n) is 3.29. The highest BCUT2D eigenvalue weighted by Gasteiger charge is 2.48. The van der Waals surface area contributed by atoms with Crippen LogP contribution in [0.25, 0.3) is 0 Å². The molecule has 3 atom stereocenters. The third-order valence-electron chi connectivity index (χ3n) is 4.70. The van der Waals surface area contributed by atoms with Gasteiger partial charge in [-0.3, -0.25) is 14.4 Å². The Labute approximate surface area is 147 Å². The molecule has 25 heavy (non-hydrogen) atoms. The number of carbonyl (C=O) groups is 2. The fourth-order valence-corrected chi connectivity index (χ4v) is 3.29. The second-order valence-electron chi connectivity index (χ2n) is 6.39. The lowest BCUT2D eigenvalue weighted by atomic mass is 10.1. The molecule has 1 fully saturated rings. The Kier molecular flexibility index (Phi) is 4.88. The van der Waals surface area contributed by atoms with E-state index in [4.69, 9.17) is 4.74 Å². The lowest BCUT2D eigenvalue weighted by molar-refractivity contribution is -0.143. The maximum Gasteiger partial charge on any atom is 0.328 e. The first-order chi connectivity index (χ1) is 12.1. The minimum atomic E-state index is -0.616. The molecule has 1 aromatic carbocycles. The second kappa shape index (κ2) is 7.09. The van der Waals surface area contributed by atoms with E-state index in [0.29, 0.717) is 6.42 Å². The van der Waals surface area contributed by atoms with Crippen LogP contribution in [0.5, 0.6) is 0 Å². The summed E-state index contributed by atoms with van der Waals surface area (Å²) in [7, 11) is 3.22. The largest absolute Gasteiger partial charge is 0.467 e. The lowest BCUT2D eigenvalue weighted by Gasteiger charge is -2.29. The highest BCUT2D eigenvalue weighted by molar-refractivity contribution is 6.02. The van der Waals surface area contributed by atoms with Gasteiger partial charge >= 0.3 is 5.97 Å². The van der Waals surface area contributed by atoms with Crippen molar-refractivity contribution in [3.8, 4) is 0 Å². The topological polar surface area (TPSA) is 64.4 Å². The zero-order valence-electron chi connectivity index (χ0n) is 14.8. The van der Waals surface area contributed by atoms with Crippen LogP contribution in [0.1, 0.15) is 31.2 Å². The van der Waals surface area contributed by atoms with E-state index in [-0.39, 0.29) is 17.7 Å². The highest BCUT2D eigenvalue weighted by Crippen LogP contribution is 2.49. The molecule has 0 saturated heterocycles. The van der Waals surface area contributed by atoms with Gasteiger partial charge in [0.1, 0.15) is 6.04 Å². The summed E-state index contributed by atoms with van der Waals surface area (Å²) >= 11 is 0.